The molecule has 0 saturated heterocycles. The van der Waals surface area contributed by atoms with Gasteiger partial charge in [-0.05, 0) is 57.5 Å². The zero-order valence-corrected chi connectivity index (χ0v) is 17.9. The maximum absolute atomic E-state index is 13.2. The Bertz CT molecular complexity index is 1220. The highest BCUT2D eigenvalue weighted by molar-refractivity contribution is 5.91. The van der Waals surface area contributed by atoms with Crippen molar-refractivity contribution in [2.24, 2.45) is 0 Å². The van der Waals surface area contributed by atoms with E-state index in [-0.39, 0.29) is 5.91 Å². The summed E-state index contributed by atoms with van der Waals surface area (Å²) in [5.74, 6) is 2.62. The second kappa shape index (κ2) is 7.61. The first-order valence-electron chi connectivity index (χ1n) is 10.5. The van der Waals surface area contributed by atoms with Gasteiger partial charge in [-0.2, -0.15) is 10.2 Å². The van der Waals surface area contributed by atoms with Crippen LogP contribution >= 0.6 is 0 Å². The number of H-pyrrole nitrogens is 1. The van der Waals surface area contributed by atoms with Crippen molar-refractivity contribution in [1.29, 1.82) is 0 Å². The van der Waals surface area contributed by atoms with Gasteiger partial charge in [0, 0.05) is 30.8 Å². The molecule has 0 bridgehead atoms. The Morgan fingerprint density at radius 3 is 2.74 bits per heavy atom. The van der Waals surface area contributed by atoms with Crippen molar-refractivity contribution in [1.82, 2.24) is 24.9 Å². The van der Waals surface area contributed by atoms with E-state index in [1.165, 1.54) is 0 Å². The molecule has 0 spiro atoms. The smallest absolute Gasteiger partial charge is 0.289 e. The molecule has 5 rings (SSSR count). The number of fused-ring (bicyclic) bond motifs is 1. The number of carbonyl (C=O) groups is 1. The summed E-state index contributed by atoms with van der Waals surface area (Å²) in [5.41, 5.74) is 4.86. The van der Waals surface area contributed by atoms with Crippen LogP contribution in [0.4, 0.5) is 0 Å². The van der Waals surface area contributed by atoms with E-state index in [2.05, 4.69) is 15.3 Å². The molecule has 1 amide bonds. The Balaban J connectivity index is 1.33. The third kappa shape index (κ3) is 3.69. The van der Waals surface area contributed by atoms with Gasteiger partial charge < -0.3 is 13.7 Å². The number of aryl methyl sites for hydroxylation is 4. The SMILES string of the molecule is Cc1ccc(-c2cc3n(n2)CCCN(C(=O)c2ccc(Cc4c(C)n[nH]c4C)o2)C3)o1. The Kier molecular flexibility index (Phi) is 4.77. The highest BCUT2D eigenvalue weighted by Gasteiger charge is 2.25. The minimum absolute atomic E-state index is 0.100. The molecule has 0 unspecified atom stereocenters. The number of hydrogen-bond donors (Lipinski definition) is 1. The molecule has 0 saturated carbocycles. The fraction of sp³-hybridized carbons (Fsp3) is 0.348. The predicted octanol–water partition coefficient (Wildman–Crippen LogP) is 4.02. The van der Waals surface area contributed by atoms with Crippen molar-refractivity contribution in [3.8, 4) is 11.5 Å². The van der Waals surface area contributed by atoms with Crippen LogP contribution in [0.5, 0.6) is 0 Å². The topological polar surface area (TPSA) is 93.1 Å². The molecule has 0 aromatic carbocycles. The molecule has 5 heterocycles. The monoisotopic (exact) mass is 419 g/mol. The summed E-state index contributed by atoms with van der Waals surface area (Å²) >= 11 is 0. The number of carbonyl (C=O) groups excluding carboxylic acids is 1. The molecular formula is C23H25N5O3. The van der Waals surface area contributed by atoms with Gasteiger partial charge in [0.2, 0.25) is 0 Å². The third-order valence-corrected chi connectivity index (χ3v) is 5.80. The predicted molar refractivity (Wildman–Crippen MR) is 114 cm³/mol. The van der Waals surface area contributed by atoms with Crippen molar-refractivity contribution in [2.75, 3.05) is 6.54 Å². The van der Waals surface area contributed by atoms with E-state index in [9.17, 15) is 4.79 Å². The molecule has 1 N–H and O–H groups in total. The first kappa shape index (κ1) is 19.4. The highest BCUT2D eigenvalue weighted by Crippen LogP contribution is 2.25. The summed E-state index contributed by atoms with van der Waals surface area (Å²) in [6.45, 7) is 7.78. The summed E-state index contributed by atoms with van der Waals surface area (Å²) in [6.07, 6.45) is 1.44. The number of hydrogen-bond acceptors (Lipinski definition) is 5. The van der Waals surface area contributed by atoms with Gasteiger partial charge >= 0.3 is 0 Å². The lowest BCUT2D eigenvalue weighted by molar-refractivity contribution is 0.0712. The molecule has 4 aromatic rings. The van der Waals surface area contributed by atoms with Gasteiger partial charge in [-0.25, -0.2) is 0 Å². The quantitative estimate of drug-likeness (QED) is 0.539. The largest absolute Gasteiger partial charge is 0.460 e. The van der Waals surface area contributed by atoms with E-state index >= 15 is 0 Å². The highest BCUT2D eigenvalue weighted by atomic mass is 16.4. The van der Waals surface area contributed by atoms with Crippen LogP contribution in [0.1, 0.15) is 51.1 Å². The van der Waals surface area contributed by atoms with Gasteiger partial charge in [-0.15, -0.1) is 0 Å². The van der Waals surface area contributed by atoms with Crippen LogP contribution in [-0.4, -0.2) is 37.3 Å². The molecule has 1 aliphatic heterocycles. The molecule has 0 fully saturated rings. The first-order chi connectivity index (χ1) is 15.0. The minimum atomic E-state index is -0.100. The van der Waals surface area contributed by atoms with Gasteiger partial charge in [0.15, 0.2) is 11.5 Å². The van der Waals surface area contributed by atoms with E-state index < -0.39 is 0 Å². The minimum Gasteiger partial charge on any atom is -0.460 e. The van der Waals surface area contributed by atoms with Crippen LogP contribution in [0.25, 0.3) is 11.5 Å². The van der Waals surface area contributed by atoms with Crippen LogP contribution in [0, 0.1) is 20.8 Å². The molecule has 0 aliphatic carbocycles. The molecule has 31 heavy (non-hydrogen) atoms. The molecule has 160 valence electrons. The Morgan fingerprint density at radius 2 is 2.00 bits per heavy atom. The van der Waals surface area contributed by atoms with Crippen molar-refractivity contribution >= 4 is 5.91 Å². The molecule has 1 aliphatic rings. The summed E-state index contributed by atoms with van der Waals surface area (Å²) in [7, 11) is 0. The fourth-order valence-electron chi connectivity index (χ4n) is 4.08. The van der Waals surface area contributed by atoms with Crippen molar-refractivity contribution in [2.45, 2.75) is 46.7 Å². The first-order valence-corrected chi connectivity index (χ1v) is 10.5. The lowest BCUT2D eigenvalue weighted by atomic mass is 10.1. The standard InChI is InChI=1S/C23H25N5O3/c1-14-5-7-21(30-14)20-11-17-13-27(9-4-10-28(17)26-20)23(29)22-8-6-18(31-22)12-19-15(2)24-25-16(19)3/h5-8,11H,4,9-10,12-13H2,1-3H3,(H,24,25). The summed E-state index contributed by atoms with van der Waals surface area (Å²) in [5, 5.41) is 11.9. The maximum atomic E-state index is 13.2. The number of aromatic nitrogens is 4. The average Bonchev–Trinajstić information content (AvgIpc) is 3.52. The fourth-order valence-corrected chi connectivity index (χ4v) is 4.08. The van der Waals surface area contributed by atoms with Crippen molar-refractivity contribution < 1.29 is 13.6 Å². The van der Waals surface area contributed by atoms with Gasteiger partial charge in [-0.3, -0.25) is 14.6 Å². The van der Waals surface area contributed by atoms with Crippen LogP contribution in [-0.2, 0) is 19.5 Å². The van der Waals surface area contributed by atoms with Crippen LogP contribution in [0.3, 0.4) is 0 Å². The molecule has 0 atom stereocenters. The van der Waals surface area contributed by atoms with Crippen LogP contribution < -0.4 is 0 Å². The normalized spacial score (nSPS) is 14.0. The second-order valence-electron chi connectivity index (χ2n) is 8.09. The van der Waals surface area contributed by atoms with E-state index in [0.717, 1.165) is 58.6 Å². The molecule has 8 heteroatoms. The average molecular weight is 419 g/mol. The lowest BCUT2D eigenvalue weighted by Crippen LogP contribution is -2.30. The number of nitrogens with one attached hydrogen (secondary N) is 1. The number of aromatic amines is 1. The molecule has 0 radical (unpaired) electrons. The van der Waals surface area contributed by atoms with E-state index in [4.69, 9.17) is 8.83 Å². The summed E-state index contributed by atoms with van der Waals surface area (Å²) in [6, 6.07) is 9.49. The second-order valence-corrected chi connectivity index (χ2v) is 8.09. The van der Waals surface area contributed by atoms with Gasteiger partial charge in [0.05, 0.1) is 17.9 Å². The summed E-state index contributed by atoms with van der Waals surface area (Å²) < 4.78 is 13.6. The van der Waals surface area contributed by atoms with Gasteiger partial charge in [0.25, 0.3) is 5.91 Å². The van der Waals surface area contributed by atoms with Crippen molar-refractivity contribution in [3.05, 3.63) is 70.3 Å². The lowest BCUT2D eigenvalue weighted by Gasteiger charge is -2.18. The van der Waals surface area contributed by atoms with Crippen molar-refractivity contribution in [3.63, 3.8) is 0 Å². The number of rotatable bonds is 4. The number of amides is 1. The van der Waals surface area contributed by atoms with E-state index in [1.54, 1.807) is 6.07 Å². The van der Waals surface area contributed by atoms with Gasteiger partial charge in [-0.1, -0.05) is 0 Å². The summed E-state index contributed by atoms with van der Waals surface area (Å²) in [4.78, 5) is 15.0. The van der Waals surface area contributed by atoms with Crippen LogP contribution in [0.15, 0.2) is 39.2 Å². The van der Waals surface area contributed by atoms with Gasteiger partial charge in [0.1, 0.15) is 17.2 Å². The third-order valence-electron chi connectivity index (χ3n) is 5.80. The Hall–Kier alpha value is -3.55. The maximum Gasteiger partial charge on any atom is 0.289 e. The Morgan fingerprint density at radius 1 is 1.13 bits per heavy atom. The molecular weight excluding hydrogens is 394 g/mol. The molecule has 8 nitrogen and oxygen atoms in total. The van der Waals surface area contributed by atoms with Crippen LogP contribution in [0.2, 0.25) is 0 Å². The number of furan rings is 2. The zero-order valence-electron chi connectivity index (χ0n) is 17.9. The number of nitrogens with zero attached hydrogens (tertiary/aromatic N) is 4. The molecule has 4 aromatic heterocycles. The van der Waals surface area contributed by atoms with E-state index in [0.29, 0.717) is 25.3 Å². The Labute approximate surface area is 179 Å². The van der Waals surface area contributed by atoms with E-state index in [1.807, 2.05) is 54.6 Å². The zero-order chi connectivity index (χ0) is 21.5.